The van der Waals surface area contributed by atoms with Crippen molar-refractivity contribution in [3.63, 3.8) is 0 Å². The number of alkyl carbamates (subject to hydrolysis) is 1. The highest BCUT2D eigenvalue weighted by Gasteiger charge is 2.70. The number of piperazine rings is 1. The zero-order valence-corrected chi connectivity index (χ0v) is 23.8. The lowest BCUT2D eigenvalue weighted by molar-refractivity contribution is -0.201. The molecule has 0 bridgehead atoms. The molecule has 0 aromatic heterocycles. The van der Waals surface area contributed by atoms with Crippen LogP contribution in [0.3, 0.4) is 0 Å². The van der Waals surface area contributed by atoms with Crippen molar-refractivity contribution in [1.29, 1.82) is 5.26 Å². The van der Waals surface area contributed by atoms with Gasteiger partial charge in [-0.15, -0.1) is 0 Å². The molecular formula is C26H29F6N5O5S. The quantitative estimate of drug-likeness (QED) is 0.472. The molecule has 0 unspecified atom stereocenters. The Balaban J connectivity index is 1.45. The van der Waals surface area contributed by atoms with Gasteiger partial charge in [0.05, 0.1) is 21.8 Å². The Labute approximate surface area is 243 Å². The monoisotopic (exact) mass is 637 g/mol. The van der Waals surface area contributed by atoms with Crippen LogP contribution in [0.5, 0.6) is 0 Å². The minimum absolute atomic E-state index is 0.160. The second kappa shape index (κ2) is 10.4. The van der Waals surface area contributed by atoms with Crippen LogP contribution in [0.15, 0.2) is 23.1 Å². The molecule has 2 heterocycles. The molecule has 0 radical (unpaired) electrons. The van der Waals surface area contributed by atoms with E-state index >= 15 is 0 Å². The van der Waals surface area contributed by atoms with Gasteiger partial charge in [-0.05, 0) is 50.9 Å². The van der Waals surface area contributed by atoms with Crippen LogP contribution in [-0.2, 0) is 25.5 Å². The molecule has 2 aliphatic carbocycles. The highest BCUT2D eigenvalue weighted by Crippen LogP contribution is 2.59. The van der Waals surface area contributed by atoms with Gasteiger partial charge >= 0.3 is 18.4 Å². The van der Waals surface area contributed by atoms with Crippen molar-refractivity contribution in [2.45, 2.75) is 66.4 Å². The number of carbonyl (C=O) groups is 2. The van der Waals surface area contributed by atoms with Crippen molar-refractivity contribution in [2.75, 3.05) is 44.7 Å². The van der Waals surface area contributed by atoms with E-state index in [9.17, 15) is 49.6 Å². The first-order valence-electron chi connectivity index (χ1n) is 13.6. The number of benzene rings is 1. The summed E-state index contributed by atoms with van der Waals surface area (Å²) in [5.41, 5.74) is -5.32. The Bertz CT molecular complexity index is 1440. The number of ether oxygens (including phenoxy) is 1. The normalized spacial score (nSPS) is 25.2. The number of hydrogen-bond acceptors (Lipinski definition) is 8. The van der Waals surface area contributed by atoms with E-state index < -0.39 is 92.9 Å². The third-order valence-corrected chi connectivity index (χ3v) is 10.8. The Morgan fingerprint density at radius 1 is 1.05 bits per heavy atom. The summed E-state index contributed by atoms with van der Waals surface area (Å²) < 4.78 is 117. The lowest BCUT2D eigenvalue weighted by Crippen LogP contribution is -2.49. The van der Waals surface area contributed by atoms with Crippen molar-refractivity contribution in [3.8, 4) is 6.07 Å². The summed E-state index contributed by atoms with van der Waals surface area (Å²) in [6.07, 6.45) is -14.5. The standard InChI is InChI=1S/C26H29F6N5O5S/c1-35-8-10-36(11-9-35)16-2-3-19(18(12-16)25(27,28)29)43(40,41)17-13-20(42-22(39)34-23(15-33)4-5-23)37(14-17)21(38)24(6-7-24)26(30,31)32/h2-3,12,17,20H,4-11,13-14H2,1H3,(H,34,39)/t17-,20+/m1/s1. The summed E-state index contributed by atoms with van der Waals surface area (Å²) in [4.78, 5) is 28.7. The minimum atomic E-state index is -5.10. The number of amides is 2. The van der Waals surface area contributed by atoms with E-state index in [-0.39, 0.29) is 18.5 Å². The average molecular weight is 638 g/mol. The van der Waals surface area contributed by atoms with Crippen LogP contribution in [0.4, 0.5) is 36.8 Å². The number of carbonyl (C=O) groups excluding carboxylic acids is 2. The number of likely N-dealkylation sites (N-methyl/N-ethyl adjacent to an activating group) is 1. The summed E-state index contributed by atoms with van der Waals surface area (Å²) in [5, 5.41) is 9.65. The van der Waals surface area contributed by atoms with Crippen LogP contribution >= 0.6 is 0 Å². The number of nitrogens with zero attached hydrogens (tertiary/aromatic N) is 4. The Hall–Kier alpha value is -3.26. The van der Waals surface area contributed by atoms with Crippen LogP contribution in [-0.4, -0.2) is 93.2 Å². The molecule has 4 aliphatic rings. The number of nitriles is 1. The molecular weight excluding hydrogens is 608 g/mol. The van der Waals surface area contributed by atoms with Gasteiger partial charge in [-0.3, -0.25) is 4.79 Å². The summed E-state index contributed by atoms with van der Waals surface area (Å²) >= 11 is 0. The molecule has 43 heavy (non-hydrogen) atoms. The maximum Gasteiger partial charge on any atom is 0.417 e. The molecule has 1 aromatic rings. The Morgan fingerprint density at radius 2 is 1.67 bits per heavy atom. The van der Waals surface area contributed by atoms with Gasteiger partial charge in [0.1, 0.15) is 11.0 Å². The highest BCUT2D eigenvalue weighted by molar-refractivity contribution is 7.92. The van der Waals surface area contributed by atoms with E-state index in [1.165, 1.54) is 6.07 Å². The van der Waals surface area contributed by atoms with E-state index in [2.05, 4.69) is 5.32 Å². The van der Waals surface area contributed by atoms with Gasteiger partial charge in [0, 0.05) is 44.8 Å². The summed E-state index contributed by atoms with van der Waals surface area (Å²) in [6.45, 7) is 1.07. The van der Waals surface area contributed by atoms with Crippen molar-refractivity contribution >= 4 is 27.5 Å². The molecule has 10 nitrogen and oxygen atoms in total. The number of sulfone groups is 1. The smallest absolute Gasteiger partial charge is 0.417 e. The molecule has 2 saturated carbocycles. The fraction of sp³-hybridized carbons (Fsp3) is 0.654. The van der Waals surface area contributed by atoms with Crippen molar-refractivity contribution in [3.05, 3.63) is 23.8 Å². The van der Waals surface area contributed by atoms with Crippen LogP contribution in [0, 0.1) is 16.7 Å². The summed E-state index contributed by atoms with van der Waals surface area (Å²) in [5.74, 6) is -1.52. The lowest BCUT2D eigenvalue weighted by atomic mass is 10.1. The first-order valence-corrected chi connectivity index (χ1v) is 15.1. The Kier molecular flexibility index (Phi) is 7.56. The molecule has 2 atom stereocenters. The fourth-order valence-electron chi connectivity index (χ4n) is 5.50. The number of likely N-dealkylation sites (tertiary alicyclic amines) is 1. The predicted octanol–water partition coefficient (Wildman–Crippen LogP) is 3.28. The van der Waals surface area contributed by atoms with Crippen LogP contribution in [0.1, 0.15) is 37.7 Å². The molecule has 2 amide bonds. The third-order valence-electron chi connectivity index (χ3n) is 8.61. The number of halogens is 6. The van der Waals surface area contributed by atoms with Gasteiger partial charge in [0.15, 0.2) is 16.1 Å². The molecule has 17 heteroatoms. The van der Waals surface area contributed by atoms with E-state index in [0.717, 1.165) is 12.1 Å². The largest absolute Gasteiger partial charge is 0.425 e. The van der Waals surface area contributed by atoms with Gasteiger partial charge in [0.25, 0.3) is 0 Å². The SMILES string of the molecule is CN1CCN(c2ccc(S(=O)(=O)[C@@H]3C[C@H](OC(=O)NC4(C#N)CC4)N(C(=O)C4(C(F)(F)F)CC4)C3)c(C(F)(F)F)c2)CC1. The summed E-state index contributed by atoms with van der Waals surface area (Å²) in [7, 11) is -3.06. The van der Waals surface area contributed by atoms with Crippen LogP contribution in [0.2, 0.25) is 0 Å². The zero-order valence-electron chi connectivity index (χ0n) is 23.0. The van der Waals surface area contributed by atoms with E-state index in [1.54, 1.807) is 4.90 Å². The van der Waals surface area contributed by atoms with Crippen LogP contribution in [0.25, 0.3) is 0 Å². The third kappa shape index (κ3) is 5.83. The maximum absolute atomic E-state index is 14.2. The zero-order chi connectivity index (χ0) is 31.6. The van der Waals surface area contributed by atoms with Crippen molar-refractivity contribution in [1.82, 2.24) is 15.1 Å². The second-order valence-corrected chi connectivity index (χ2v) is 13.8. The van der Waals surface area contributed by atoms with Gasteiger partial charge in [-0.2, -0.15) is 31.6 Å². The molecule has 4 fully saturated rings. The van der Waals surface area contributed by atoms with Gasteiger partial charge in [-0.25, -0.2) is 13.2 Å². The lowest BCUT2D eigenvalue weighted by Gasteiger charge is -2.34. The van der Waals surface area contributed by atoms with Gasteiger partial charge in [-0.1, -0.05) is 0 Å². The average Bonchev–Trinajstić information content (AvgIpc) is 3.85. The number of anilines is 1. The van der Waals surface area contributed by atoms with Gasteiger partial charge < -0.3 is 24.8 Å². The van der Waals surface area contributed by atoms with Gasteiger partial charge in [0.2, 0.25) is 5.91 Å². The number of hydrogen-bond donors (Lipinski definition) is 1. The predicted molar refractivity (Wildman–Crippen MR) is 137 cm³/mol. The second-order valence-electron chi connectivity index (χ2n) is 11.6. The topological polar surface area (TPSA) is 123 Å². The van der Waals surface area contributed by atoms with Crippen molar-refractivity contribution in [2.24, 2.45) is 5.41 Å². The molecule has 1 aromatic carbocycles. The molecule has 5 rings (SSSR count). The number of rotatable bonds is 6. The van der Waals surface area contributed by atoms with E-state index in [1.807, 2.05) is 18.0 Å². The summed E-state index contributed by atoms with van der Waals surface area (Å²) in [6, 6.07) is 4.65. The molecule has 236 valence electrons. The molecule has 2 aliphatic heterocycles. The number of alkyl halides is 6. The molecule has 2 saturated heterocycles. The van der Waals surface area contributed by atoms with Crippen LogP contribution < -0.4 is 10.2 Å². The minimum Gasteiger partial charge on any atom is -0.425 e. The van der Waals surface area contributed by atoms with E-state index in [0.29, 0.717) is 31.1 Å². The number of nitrogens with one attached hydrogen (secondary N) is 1. The maximum atomic E-state index is 14.2. The first kappa shape index (κ1) is 31.2. The fourth-order valence-corrected chi connectivity index (χ4v) is 7.37. The van der Waals surface area contributed by atoms with Crippen molar-refractivity contribution < 1.29 is 49.1 Å². The molecule has 0 spiro atoms. The molecule has 1 N–H and O–H groups in total. The Morgan fingerprint density at radius 3 is 2.19 bits per heavy atom. The highest BCUT2D eigenvalue weighted by atomic mass is 32.2. The first-order chi connectivity index (χ1) is 19.9. The van der Waals surface area contributed by atoms with E-state index in [4.69, 9.17) is 4.74 Å².